The van der Waals surface area contributed by atoms with E-state index in [4.69, 9.17) is 9.72 Å². The lowest BCUT2D eigenvalue weighted by Gasteiger charge is -2.25. The van der Waals surface area contributed by atoms with Gasteiger partial charge in [-0.1, -0.05) is 36.8 Å². The first-order chi connectivity index (χ1) is 13.7. The summed E-state index contributed by atoms with van der Waals surface area (Å²) in [6, 6.07) is 16.3. The third-order valence-corrected chi connectivity index (χ3v) is 5.46. The molecule has 5 nitrogen and oxygen atoms in total. The summed E-state index contributed by atoms with van der Waals surface area (Å²) in [5.74, 6) is 2.06. The normalized spacial score (nSPS) is 16.6. The van der Waals surface area contributed by atoms with Crippen LogP contribution in [0.15, 0.2) is 48.5 Å². The van der Waals surface area contributed by atoms with Gasteiger partial charge in [0, 0.05) is 13.0 Å². The monoisotopic (exact) mass is 377 g/mol. The lowest BCUT2D eigenvalue weighted by Crippen LogP contribution is -2.31. The first kappa shape index (κ1) is 18.5. The van der Waals surface area contributed by atoms with Gasteiger partial charge in [-0.25, -0.2) is 4.98 Å². The van der Waals surface area contributed by atoms with E-state index >= 15 is 0 Å². The number of hydrogen-bond donors (Lipinski definition) is 0. The van der Waals surface area contributed by atoms with E-state index in [-0.39, 0.29) is 11.9 Å². The maximum atomic E-state index is 12.4. The fraction of sp³-hybridized carbons (Fsp3) is 0.391. The highest BCUT2D eigenvalue weighted by Crippen LogP contribution is 2.33. The summed E-state index contributed by atoms with van der Waals surface area (Å²) in [7, 11) is 0. The van der Waals surface area contributed by atoms with Gasteiger partial charge in [0.15, 0.2) is 0 Å². The highest BCUT2D eigenvalue weighted by molar-refractivity contribution is 5.78. The number of carbonyl (C=O) groups is 1. The molecule has 28 heavy (non-hydrogen) atoms. The minimum atomic E-state index is 0.0548. The SMILES string of the molecule is CCC(=O)N1CCC[C@H]1c1nc2ccccc2n1CCOc1ccc(C)cc1. The number of hydrogen-bond acceptors (Lipinski definition) is 3. The lowest BCUT2D eigenvalue weighted by atomic mass is 10.2. The van der Waals surface area contributed by atoms with Crippen LogP contribution in [0.25, 0.3) is 11.0 Å². The second-order valence-corrected chi connectivity index (χ2v) is 7.37. The smallest absolute Gasteiger partial charge is 0.222 e. The van der Waals surface area contributed by atoms with Crippen LogP contribution in [0.5, 0.6) is 5.75 Å². The quantitative estimate of drug-likeness (QED) is 0.635. The summed E-state index contributed by atoms with van der Waals surface area (Å²) in [6.07, 6.45) is 2.53. The van der Waals surface area contributed by atoms with Crippen LogP contribution in [0.4, 0.5) is 0 Å². The zero-order valence-electron chi connectivity index (χ0n) is 16.6. The fourth-order valence-corrected chi connectivity index (χ4v) is 4.01. The van der Waals surface area contributed by atoms with E-state index in [1.165, 1.54) is 5.56 Å². The van der Waals surface area contributed by atoms with Gasteiger partial charge < -0.3 is 14.2 Å². The van der Waals surface area contributed by atoms with Crippen LogP contribution in [0.2, 0.25) is 0 Å². The zero-order chi connectivity index (χ0) is 19.5. The van der Waals surface area contributed by atoms with Crippen molar-refractivity contribution in [2.24, 2.45) is 0 Å². The Bertz CT molecular complexity index is 962. The molecule has 0 bridgehead atoms. The topological polar surface area (TPSA) is 47.4 Å². The van der Waals surface area contributed by atoms with E-state index < -0.39 is 0 Å². The van der Waals surface area contributed by atoms with E-state index in [0.717, 1.165) is 42.0 Å². The molecular weight excluding hydrogens is 350 g/mol. The number of likely N-dealkylation sites (tertiary alicyclic amines) is 1. The molecule has 0 unspecified atom stereocenters. The summed E-state index contributed by atoms with van der Waals surface area (Å²) in [5, 5.41) is 0. The molecule has 1 aliphatic rings. The number of fused-ring (bicyclic) bond motifs is 1. The van der Waals surface area contributed by atoms with Crippen LogP contribution < -0.4 is 4.74 Å². The largest absolute Gasteiger partial charge is 0.492 e. The number of benzene rings is 2. The molecule has 1 atom stereocenters. The van der Waals surface area contributed by atoms with Crippen molar-refractivity contribution in [3.8, 4) is 5.75 Å². The molecule has 0 N–H and O–H groups in total. The van der Waals surface area contributed by atoms with Gasteiger partial charge in [0.05, 0.1) is 23.6 Å². The van der Waals surface area contributed by atoms with Gasteiger partial charge >= 0.3 is 0 Å². The molecule has 4 rings (SSSR count). The van der Waals surface area contributed by atoms with E-state index in [0.29, 0.717) is 19.6 Å². The molecule has 2 heterocycles. The number of nitrogens with zero attached hydrogens (tertiary/aromatic N) is 3. The number of carbonyl (C=O) groups excluding carboxylic acids is 1. The average molecular weight is 377 g/mol. The van der Waals surface area contributed by atoms with Gasteiger partial charge in [-0.15, -0.1) is 0 Å². The van der Waals surface area contributed by atoms with Crippen molar-refractivity contribution < 1.29 is 9.53 Å². The van der Waals surface area contributed by atoms with Crippen LogP contribution in [0, 0.1) is 6.92 Å². The molecule has 0 saturated carbocycles. The molecule has 146 valence electrons. The van der Waals surface area contributed by atoms with Crippen molar-refractivity contribution >= 4 is 16.9 Å². The van der Waals surface area contributed by atoms with Crippen LogP contribution in [0.1, 0.15) is 43.6 Å². The maximum Gasteiger partial charge on any atom is 0.222 e. The van der Waals surface area contributed by atoms with Crippen molar-refractivity contribution in [1.82, 2.24) is 14.5 Å². The van der Waals surface area contributed by atoms with Gasteiger partial charge in [-0.05, 0) is 44.0 Å². The molecule has 2 aromatic carbocycles. The number of ether oxygens (including phenoxy) is 1. The minimum Gasteiger partial charge on any atom is -0.492 e. The van der Waals surface area contributed by atoms with E-state index in [1.54, 1.807) is 0 Å². The lowest BCUT2D eigenvalue weighted by molar-refractivity contribution is -0.131. The van der Waals surface area contributed by atoms with Crippen LogP contribution in [-0.4, -0.2) is 33.5 Å². The second kappa shape index (κ2) is 8.05. The highest BCUT2D eigenvalue weighted by atomic mass is 16.5. The predicted molar refractivity (Wildman–Crippen MR) is 110 cm³/mol. The fourth-order valence-electron chi connectivity index (χ4n) is 4.01. The number of aromatic nitrogens is 2. The summed E-state index contributed by atoms with van der Waals surface area (Å²) >= 11 is 0. The van der Waals surface area contributed by atoms with Crippen molar-refractivity contribution in [1.29, 1.82) is 0 Å². The molecule has 1 amide bonds. The zero-order valence-corrected chi connectivity index (χ0v) is 16.6. The molecule has 1 aromatic heterocycles. The molecule has 0 spiro atoms. The summed E-state index contributed by atoms with van der Waals surface area (Å²) in [6.45, 7) is 6.08. The number of aryl methyl sites for hydroxylation is 1. The van der Waals surface area contributed by atoms with E-state index in [1.807, 2.05) is 42.2 Å². The average Bonchev–Trinajstić information content (AvgIpc) is 3.34. The first-order valence-corrected chi connectivity index (χ1v) is 10.1. The Morgan fingerprint density at radius 2 is 1.96 bits per heavy atom. The Morgan fingerprint density at radius 3 is 2.75 bits per heavy atom. The second-order valence-electron chi connectivity index (χ2n) is 7.37. The molecule has 1 aliphatic heterocycles. The van der Waals surface area contributed by atoms with E-state index in [2.05, 4.69) is 29.7 Å². The Morgan fingerprint density at radius 1 is 1.18 bits per heavy atom. The number of rotatable bonds is 6. The number of amides is 1. The van der Waals surface area contributed by atoms with Crippen LogP contribution >= 0.6 is 0 Å². The first-order valence-electron chi connectivity index (χ1n) is 10.1. The summed E-state index contributed by atoms with van der Waals surface area (Å²) in [4.78, 5) is 19.3. The molecule has 1 saturated heterocycles. The molecular formula is C23H27N3O2. The molecule has 0 aliphatic carbocycles. The highest BCUT2D eigenvalue weighted by Gasteiger charge is 2.32. The Labute approximate surface area is 165 Å². The Balaban J connectivity index is 1.60. The molecule has 0 radical (unpaired) electrons. The van der Waals surface area contributed by atoms with Crippen molar-refractivity contribution in [3.05, 3.63) is 59.9 Å². The number of para-hydroxylation sites is 2. The predicted octanol–water partition coefficient (Wildman–Crippen LogP) is 4.50. The summed E-state index contributed by atoms with van der Waals surface area (Å²) in [5.41, 5.74) is 3.29. The maximum absolute atomic E-state index is 12.4. The molecule has 5 heteroatoms. The van der Waals surface area contributed by atoms with Crippen molar-refractivity contribution in [3.63, 3.8) is 0 Å². The standard InChI is InChI=1S/C23H27N3O2/c1-3-22(27)25-14-6-9-21(25)23-24-19-7-4-5-8-20(19)26(23)15-16-28-18-12-10-17(2)11-13-18/h4-5,7-8,10-13,21H,3,6,9,14-16H2,1-2H3/t21-/m0/s1. The third kappa shape index (κ3) is 3.61. The van der Waals surface area contributed by atoms with Crippen LogP contribution in [-0.2, 0) is 11.3 Å². The van der Waals surface area contributed by atoms with Gasteiger partial charge in [-0.2, -0.15) is 0 Å². The summed E-state index contributed by atoms with van der Waals surface area (Å²) < 4.78 is 8.20. The molecule has 3 aromatic rings. The van der Waals surface area contributed by atoms with E-state index in [9.17, 15) is 4.79 Å². The van der Waals surface area contributed by atoms with Crippen molar-refractivity contribution in [2.45, 2.75) is 45.7 Å². The van der Waals surface area contributed by atoms with Crippen molar-refractivity contribution in [2.75, 3.05) is 13.2 Å². The Hall–Kier alpha value is -2.82. The Kier molecular flexibility index (Phi) is 5.33. The van der Waals surface area contributed by atoms with Gasteiger partial charge in [0.2, 0.25) is 5.91 Å². The van der Waals surface area contributed by atoms with Gasteiger partial charge in [0.25, 0.3) is 0 Å². The number of imidazole rings is 1. The third-order valence-electron chi connectivity index (χ3n) is 5.46. The van der Waals surface area contributed by atoms with Gasteiger partial charge in [-0.3, -0.25) is 4.79 Å². The van der Waals surface area contributed by atoms with Crippen LogP contribution in [0.3, 0.4) is 0 Å². The molecule has 1 fully saturated rings. The minimum absolute atomic E-state index is 0.0548. The van der Waals surface area contributed by atoms with Gasteiger partial charge in [0.1, 0.15) is 18.2 Å².